The predicted molar refractivity (Wildman–Crippen MR) is 83.9 cm³/mol. The second-order valence-corrected chi connectivity index (χ2v) is 4.38. The Kier molecular flexibility index (Phi) is 4.93. The number of carbonyl (C=O) groups excluding carboxylic acids is 2. The van der Waals surface area contributed by atoms with Crippen molar-refractivity contribution in [3.8, 4) is 0 Å². The van der Waals surface area contributed by atoms with Gasteiger partial charge in [-0.2, -0.15) is 0 Å². The number of hydrogen-bond donors (Lipinski definition) is 4. The monoisotopic (exact) mass is 309 g/mol. The van der Waals surface area contributed by atoms with Crippen molar-refractivity contribution in [2.24, 2.45) is 5.73 Å². The first kappa shape index (κ1) is 16.5. The first-order valence-corrected chi connectivity index (χ1v) is 5.91. The number of aromatic amines is 1. The molecule has 1 heterocycles. The highest BCUT2D eigenvalue weighted by Crippen LogP contribution is 2.24. The Labute approximate surface area is 127 Å². The molecular formula is C13H16ClN5O2. The molecule has 0 aliphatic rings. The molecule has 0 unspecified atom stereocenters. The van der Waals surface area contributed by atoms with Gasteiger partial charge in [0.05, 0.1) is 5.69 Å². The van der Waals surface area contributed by atoms with Crippen molar-refractivity contribution < 1.29 is 9.59 Å². The summed E-state index contributed by atoms with van der Waals surface area (Å²) in [5.41, 5.74) is 6.92. The zero-order chi connectivity index (χ0) is 14.9. The van der Waals surface area contributed by atoms with Gasteiger partial charge in [-0.05, 0) is 18.2 Å². The number of anilines is 1. The number of fused-ring (bicyclic) bond motifs is 1. The number of carbonyl (C=O) groups is 2. The summed E-state index contributed by atoms with van der Waals surface area (Å²) in [6.07, 6.45) is 0. The molecule has 21 heavy (non-hydrogen) atoms. The van der Waals surface area contributed by atoms with Crippen LogP contribution in [0.4, 0.5) is 5.69 Å². The molecule has 0 aliphatic heterocycles. The van der Waals surface area contributed by atoms with Crippen molar-refractivity contribution >= 4 is 46.8 Å². The molecule has 7 nitrogen and oxygen atoms in total. The number of halogens is 1. The van der Waals surface area contributed by atoms with Gasteiger partial charge in [0.15, 0.2) is 5.96 Å². The van der Waals surface area contributed by atoms with Crippen LogP contribution < -0.4 is 11.1 Å². The maximum absolute atomic E-state index is 12.1. The molecule has 1 aromatic heterocycles. The Bertz CT molecular complexity index is 710. The highest BCUT2D eigenvalue weighted by molar-refractivity contribution is 6.08. The maximum Gasteiger partial charge on any atom is 0.276 e. The lowest BCUT2D eigenvalue weighted by molar-refractivity contribution is -0.114. The van der Waals surface area contributed by atoms with E-state index in [9.17, 15) is 9.59 Å². The molecular weight excluding hydrogens is 294 g/mol. The lowest BCUT2D eigenvalue weighted by atomic mass is 10.2. The number of guanidine groups is 1. The fourth-order valence-corrected chi connectivity index (χ4v) is 1.86. The van der Waals surface area contributed by atoms with Gasteiger partial charge < -0.3 is 16.0 Å². The van der Waals surface area contributed by atoms with Crippen molar-refractivity contribution in [2.75, 3.05) is 12.4 Å². The number of nitrogens with zero attached hydrogens (tertiary/aromatic N) is 1. The quantitative estimate of drug-likeness (QED) is 0.498. The number of nitrogens with one attached hydrogen (secondary N) is 3. The second kappa shape index (κ2) is 6.27. The van der Waals surface area contributed by atoms with Gasteiger partial charge in [-0.25, -0.2) is 0 Å². The maximum atomic E-state index is 12.1. The number of amides is 2. The summed E-state index contributed by atoms with van der Waals surface area (Å²) >= 11 is 0. The third kappa shape index (κ3) is 3.32. The van der Waals surface area contributed by atoms with Gasteiger partial charge in [0.1, 0.15) is 5.69 Å². The Morgan fingerprint density at radius 2 is 2.05 bits per heavy atom. The van der Waals surface area contributed by atoms with Gasteiger partial charge in [0.25, 0.3) is 5.91 Å². The van der Waals surface area contributed by atoms with Gasteiger partial charge >= 0.3 is 0 Å². The molecule has 0 saturated carbocycles. The molecule has 2 aromatic rings. The number of rotatable bonds is 2. The van der Waals surface area contributed by atoms with Crippen LogP contribution >= 0.6 is 12.4 Å². The Morgan fingerprint density at radius 1 is 1.38 bits per heavy atom. The molecule has 0 atom stereocenters. The zero-order valence-corrected chi connectivity index (χ0v) is 12.4. The van der Waals surface area contributed by atoms with Crippen LogP contribution in [0.15, 0.2) is 24.3 Å². The Balaban J connectivity index is 0.00000220. The van der Waals surface area contributed by atoms with Gasteiger partial charge in [-0.15, -0.1) is 12.4 Å². The number of hydrogen-bond acceptors (Lipinski definition) is 3. The summed E-state index contributed by atoms with van der Waals surface area (Å²) < 4.78 is 0. The molecule has 0 radical (unpaired) electrons. The summed E-state index contributed by atoms with van der Waals surface area (Å²) in [6, 6.07) is 6.95. The largest absolute Gasteiger partial charge is 0.370 e. The topological polar surface area (TPSA) is 115 Å². The van der Waals surface area contributed by atoms with Crippen molar-refractivity contribution in [1.82, 2.24) is 9.88 Å². The Morgan fingerprint density at radius 3 is 2.62 bits per heavy atom. The number of benzene rings is 1. The molecule has 2 rings (SSSR count). The fourth-order valence-electron chi connectivity index (χ4n) is 1.86. The summed E-state index contributed by atoms with van der Waals surface area (Å²) in [7, 11) is 1.42. The van der Waals surface area contributed by atoms with E-state index in [-0.39, 0.29) is 24.3 Å². The Hall–Kier alpha value is -2.54. The van der Waals surface area contributed by atoms with Crippen LogP contribution in [0, 0.1) is 5.41 Å². The van der Waals surface area contributed by atoms with Crippen molar-refractivity contribution in [3.05, 3.63) is 30.0 Å². The van der Waals surface area contributed by atoms with Crippen LogP contribution in [-0.2, 0) is 4.79 Å². The average Bonchev–Trinajstić information content (AvgIpc) is 2.81. The molecule has 112 valence electrons. The molecule has 0 bridgehead atoms. The predicted octanol–water partition coefficient (Wildman–Crippen LogP) is 1.51. The van der Waals surface area contributed by atoms with Gasteiger partial charge in [0, 0.05) is 24.9 Å². The first-order chi connectivity index (χ1) is 9.40. The lowest BCUT2D eigenvalue weighted by Crippen LogP contribution is -2.38. The summed E-state index contributed by atoms with van der Waals surface area (Å²) in [5, 5.41) is 10.7. The standard InChI is InChI=1S/C13H15N5O2.ClH/c1-7(19)16-9-4-3-5-10-8(9)6-11(17-10)12(20)18(2)13(14)15;/h3-6,17H,1-2H3,(H3,14,15)(H,16,19);1H. The van der Waals surface area contributed by atoms with Crippen LogP contribution in [0.3, 0.4) is 0 Å². The number of H-pyrrole nitrogens is 1. The second-order valence-electron chi connectivity index (χ2n) is 4.38. The molecule has 0 fully saturated rings. The third-order valence-corrected chi connectivity index (χ3v) is 2.87. The molecule has 2 amide bonds. The summed E-state index contributed by atoms with van der Waals surface area (Å²) in [5.74, 6) is -0.939. The van der Waals surface area contributed by atoms with E-state index >= 15 is 0 Å². The van der Waals surface area contributed by atoms with Crippen LogP contribution in [0.2, 0.25) is 0 Å². The molecule has 8 heteroatoms. The lowest BCUT2D eigenvalue weighted by Gasteiger charge is -2.12. The highest BCUT2D eigenvalue weighted by Gasteiger charge is 2.17. The zero-order valence-electron chi connectivity index (χ0n) is 11.6. The van der Waals surface area contributed by atoms with E-state index in [1.54, 1.807) is 24.3 Å². The normalized spacial score (nSPS) is 9.81. The summed E-state index contributed by atoms with van der Waals surface area (Å²) in [4.78, 5) is 27.2. The van der Waals surface area contributed by atoms with Crippen molar-refractivity contribution in [1.29, 1.82) is 5.41 Å². The van der Waals surface area contributed by atoms with Gasteiger partial charge in [-0.3, -0.25) is 19.9 Å². The van der Waals surface area contributed by atoms with E-state index in [1.807, 2.05) is 0 Å². The van der Waals surface area contributed by atoms with Gasteiger partial charge in [-0.1, -0.05) is 6.07 Å². The van der Waals surface area contributed by atoms with E-state index in [2.05, 4.69) is 10.3 Å². The minimum Gasteiger partial charge on any atom is -0.370 e. The highest BCUT2D eigenvalue weighted by atomic mass is 35.5. The average molecular weight is 310 g/mol. The van der Waals surface area contributed by atoms with Crippen LogP contribution in [-0.4, -0.2) is 34.7 Å². The summed E-state index contributed by atoms with van der Waals surface area (Å²) in [6.45, 7) is 1.42. The number of nitrogens with two attached hydrogens (primary N) is 1. The van der Waals surface area contributed by atoms with Gasteiger partial charge in [0.2, 0.25) is 5.91 Å². The molecule has 0 saturated heterocycles. The van der Waals surface area contributed by atoms with E-state index < -0.39 is 5.91 Å². The van der Waals surface area contributed by atoms with E-state index in [0.717, 1.165) is 15.8 Å². The third-order valence-electron chi connectivity index (χ3n) is 2.87. The van der Waals surface area contributed by atoms with E-state index in [0.29, 0.717) is 11.4 Å². The fraction of sp³-hybridized carbons (Fsp3) is 0.154. The molecule has 0 aliphatic carbocycles. The van der Waals surface area contributed by atoms with Crippen molar-refractivity contribution in [2.45, 2.75) is 6.92 Å². The van der Waals surface area contributed by atoms with E-state index in [1.165, 1.54) is 14.0 Å². The minimum absolute atomic E-state index is 0. The SMILES string of the molecule is CC(=O)Nc1cccc2[nH]c(C(=O)N(C)C(=N)N)cc12.Cl. The van der Waals surface area contributed by atoms with E-state index in [4.69, 9.17) is 11.1 Å². The molecule has 5 N–H and O–H groups in total. The van der Waals surface area contributed by atoms with Crippen LogP contribution in [0.1, 0.15) is 17.4 Å². The first-order valence-electron chi connectivity index (χ1n) is 5.91. The minimum atomic E-state index is -0.414. The van der Waals surface area contributed by atoms with Crippen molar-refractivity contribution in [3.63, 3.8) is 0 Å². The van der Waals surface area contributed by atoms with Crippen LogP contribution in [0.5, 0.6) is 0 Å². The molecule has 0 spiro atoms. The smallest absolute Gasteiger partial charge is 0.276 e. The molecule has 1 aromatic carbocycles. The van der Waals surface area contributed by atoms with Crippen LogP contribution in [0.25, 0.3) is 10.9 Å². The number of aromatic nitrogens is 1.